The summed E-state index contributed by atoms with van der Waals surface area (Å²) in [6.07, 6.45) is -2.06. The monoisotopic (exact) mass is 359 g/mol. The Hall–Kier alpha value is -1.40. The Bertz CT molecular complexity index is 529. The summed E-state index contributed by atoms with van der Waals surface area (Å²) in [5.41, 5.74) is 0.664. The fraction of sp³-hybridized carbons (Fsp3) is 0.562. The lowest BCUT2D eigenvalue weighted by Gasteiger charge is -2.27. The van der Waals surface area contributed by atoms with E-state index >= 15 is 0 Å². The summed E-state index contributed by atoms with van der Waals surface area (Å²) in [6, 6.07) is 8.11. The second kappa shape index (κ2) is 10.5. The van der Waals surface area contributed by atoms with Crippen LogP contribution in [0.5, 0.6) is 0 Å². The Labute approximate surface area is 142 Å². The maximum atomic E-state index is 12.6. The van der Waals surface area contributed by atoms with Crippen molar-refractivity contribution in [2.24, 2.45) is 0 Å². The van der Waals surface area contributed by atoms with E-state index in [2.05, 4.69) is 5.32 Å². The summed E-state index contributed by atoms with van der Waals surface area (Å²) in [5, 5.41) is 13.2. The first-order chi connectivity index (χ1) is 11.5. The van der Waals surface area contributed by atoms with Gasteiger partial charge in [-0.25, -0.2) is 4.79 Å². The molecule has 24 heavy (non-hydrogen) atoms. The predicted octanol–water partition coefficient (Wildman–Crippen LogP) is 3.10. The lowest BCUT2D eigenvalue weighted by atomic mass is 10.0. The zero-order chi connectivity index (χ0) is 18.0. The first kappa shape index (κ1) is 20.6. The Kier molecular flexibility index (Phi) is 9.00. The maximum Gasteiger partial charge on any atom is 0.407 e. The van der Waals surface area contributed by atoms with E-state index < -0.39 is 25.8 Å². The normalized spacial score (nSPS) is 14.0. The van der Waals surface area contributed by atoms with Crippen LogP contribution < -0.4 is 5.32 Å². The van der Waals surface area contributed by atoms with Gasteiger partial charge in [0.15, 0.2) is 0 Å². The van der Waals surface area contributed by atoms with Crippen LogP contribution in [0, 0.1) is 0 Å². The van der Waals surface area contributed by atoms with Crippen molar-refractivity contribution in [1.29, 1.82) is 0 Å². The second-order valence-electron chi connectivity index (χ2n) is 4.95. The molecule has 1 amide bonds. The molecule has 0 unspecified atom stereocenters. The Balaban J connectivity index is 2.96. The SMILES string of the molecule is CCOC(=O)N[C@@H](c1ccccc1)[C@@H](O)CP(=O)(OCC)OCC. The summed E-state index contributed by atoms with van der Waals surface area (Å²) in [4.78, 5) is 11.8. The summed E-state index contributed by atoms with van der Waals surface area (Å²) in [5.74, 6) is 0. The average Bonchev–Trinajstić information content (AvgIpc) is 2.54. The molecule has 0 fully saturated rings. The molecule has 0 aliphatic heterocycles. The lowest BCUT2D eigenvalue weighted by molar-refractivity contribution is 0.111. The highest BCUT2D eigenvalue weighted by molar-refractivity contribution is 7.53. The number of carbonyl (C=O) groups excluding carboxylic acids is 1. The average molecular weight is 359 g/mol. The number of hydrogen-bond acceptors (Lipinski definition) is 6. The van der Waals surface area contributed by atoms with Gasteiger partial charge >= 0.3 is 13.7 Å². The zero-order valence-electron chi connectivity index (χ0n) is 14.3. The molecule has 2 N–H and O–H groups in total. The smallest absolute Gasteiger partial charge is 0.407 e. The van der Waals surface area contributed by atoms with E-state index in [1.54, 1.807) is 45.0 Å². The summed E-state index contributed by atoms with van der Waals surface area (Å²) < 4.78 is 27.9. The number of aliphatic hydroxyl groups is 1. The second-order valence-corrected chi connectivity index (χ2v) is 7.05. The minimum atomic E-state index is -3.45. The minimum Gasteiger partial charge on any atom is -0.450 e. The number of alkyl carbamates (subject to hydrolysis) is 1. The molecule has 0 spiro atoms. The van der Waals surface area contributed by atoms with Crippen molar-refractivity contribution in [3.8, 4) is 0 Å². The fourth-order valence-corrected chi connectivity index (χ4v) is 3.97. The van der Waals surface area contributed by atoms with Crippen LogP contribution in [0.1, 0.15) is 32.4 Å². The van der Waals surface area contributed by atoms with Gasteiger partial charge in [-0.1, -0.05) is 30.3 Å². The molecule has 1 rings (SSSR count). The van der Waals surface area contributed by atoms with Crippen LogP contribution in [0.15, 0.2) is 30.3 Å². The molecule has 0 saturated carbocycles. The molecule has 0 bridgehead atoms. The number of hydrogen-bond donors (Lipinski definition) is 2. The van der Waals surface area contributed by atoms with Gasteiger partial charge in [0.1, 0.15) is 0 Å². The molecule has 136 valence electrons. The van der Waals surface area contributed by atoms with E-state index in [4.69, 9.17) is 13.8 Å². The third kappa shape index (κ3) is 6.61. The van der Waals surface area contributed by atoms with Crippen LogP contribution in [-0.2, 0) is 18.3 Å². The quantitative estimate of drug-likeness (QED) is 0.624. The molecule has 0 aromatic heterocycles. The van der Waals surface area contributed by atoms with E-state index in [0.717, 1.165) is 0 Å². The molecule has 2 atom stereocenters. The van der Waals surface area contributed by atoms with Crippen molar-refractivity contribution in [3.05, 3.63) is 35.9 Å². The highest BCUT2D eigenvalue weighted by Gasteiger charge is 2.33. The van der Waals surface area contributed by atoms with E-state index in [0.29, 0.717) is 5.56 Å². The van der Waals surface area contributed by atoms with Crippen LogP contribution in [0.2, 0.25) is 0 Å². The number of amides is 1. The third-order valence-electron chi connectivity index (χ3n) is 3.15. The van der Waals surface area contributed by atoms with E-state index in [9.17, 15) is 14.5 Å². The van der Waals surface area contributed by atoms with Crippen LogP contribution in [0.3, 0.4) is 0 Å². The van der Waals surface area contributed by atoms with Gasteiger partial charge in [-0.15, -0.1) is 0 Å². The molecule has 0 heterocycles. The summed E-state index contributed by atoms with van der Waals surface area (Å²) >= 11 is 0. The van der Waals surface area contributed by atoms with Crippen LogP contribution in [0.25, 0.3) is 0 Å². The molecule has 0 aliphatic carbocycles. The first-order valence-corrected chi connectivity index (χ1v) is 9.73. The molecule has 7 nitrogen and oxygen atoms in total. The Morgan fingerprint density at radius 3 is 2.21 bits per heavy atom. The number of rotatable bonds is 10. The van der Waals surface area contributed by atoms with Crippen molar-refractivity contribution in [2.75, 3.05) is 26.0 Å². The van der Waals surface area contributed by atoms with Gasteiger partial charge in [0.25, 0.3) is 0 Å². The van der Waals surface area contributed by atoms with Gasteiger partial charge in [-0.05, 0) is 26.3 Å². The Morgan fingerprint density at radius 1 is 1.12 bits per heavy atom. The van der Waals surface area contributed by atoms with E-state index in [1.165, 1.54) is 0 Å². The van der Waals surface area contributed by atoms with Crippen molar-refractivity contribution in [2.45, 2.75) is 32.9 Å². The van der Waals surface area contributed by atoms with Crippen LogP contribution in [0.4, 0.5) is 4.79 Å². The predicted molar refractivity (Wildman–Crippen MR) is 91.1 cm³/mol. The molecule has 8 heteroatoms. The molecule has 1 aromatic rings. The molecule has 0 aliphatic rings. The number of benzene rings is 1. The van der Waals surface area contributed by atoms with Crippen molar-refractivity contribution < 1.29 is 28.3 Å². The van der Waals surface area contributed by atoms with Gasteiger partial charge in [0, 0.05) is 0 Å². The van der Waals surface area contributed by atoms with Gasteiger partial charge in [0.05, 0.1) is 38.1 Å². The number of carbonyl (C=O) groups is 1. The molecule has 0 saturated heterocycles. The summed E-state index contributed by atoms with van der Waals surface area (Å²) in [6.45, 7) is 5.69. The number of nitrogens with one attached hydrogen (secondary N) is 1. The zero-order valence-corrected chi connectivity index (χ0v) is 15.2. The lowest BCUT2D eigenvalue weighted by Crippen LogP contribution is -2.38. The van der Waals surface area contributed by atoms with Crippen molar-refractivity contribution >= 4 is 13.7 Å². The van der Waals surface area contributed by atoms with E-state index in [1.807, 2.05) is 6.07 Å². The van der Waals surface area contributed by atoms with Crippen molar-refractivity contribution in [3.63, 3.8) is 0 Å². The fourth-order valence-electron chi connectivity index (χ4n) is 2.23. The third-order valence-corrected chi connectivity index (χ3v) is 5.28. The summed E-state index contributed by atoms with van der Waals surface area (Å²) in [7, 11) is -3.45. The van der Waals surface area contributed by atoms with Crippen LogP contribution >= 0.6 is 7.60 Å². The molecule has 1 aromatic carbocycles. The standard InChI is InChI=1S/C16H26NO6P/c1-4-21-16(19)17-15(13-10-8-7-9-11-13)14(18)12-24(20,22-5-2)23-6-3/h7-11,14-15,18H,4-6,12H2,1-3H3,(H,17,19)/t14-,15-/m0/s1. The molecule has 0 radical (unpaired) electrons. The van der Waals surface area contributed by atoms with Gasteiger partial charge in [-0.2, -0.15) is 0 Å². The molecular weight excluding hydrogens is 333 g/mol. The van der Waals surface area contributed by atoms with Gasteiger partial charge in [0.2, 0.25) is 0 Å². The molecular formula is C16H26NO6P. The first-order valence-electron chi connectivity index (χ1n) is 8.00. The largest absolute Gasteiger partial charge is 0.450 e. The van der Waals surface area contributed by atoms with Gasteiger partial charge in [-0.3, -0.25) is 4.57 Å². The highest BCUT2D eigenvalue weighted by Crippen LogP contribution is 2.49. The highest BCUT2D eigenvalue weighted by atomic mass is 31.2. The Morgan fingerprint density at radius 2 is 1.71 bits per heavy atom. The van der Waals surface area contributed by atoms with Crippen LogP contribution in [-0.4, -0.2) is 43.3 Å². The number of ether oxygens (including phenoxy) is 1. The minimum absolute atomic E-state index is 0.200. The van der Waals surface area contributed by atoms with Crippen molar-refractivity contribution in [1.82, 2.24) is 5.32 Å². The van der Waals surface area contributed by atoms with Gasteiger partial charge < -0.3 is 24.2 Å². The maximum absolute atomic E-state index is 12.6. The number of aliphatic hydroxyl groups excluding tert-OH is 1. The van der Waals surface area contributed by atoms with E-state index in [-0.39, 0.29) is 26.0 Å². The topological polar surface area (TPSA) is 94.1 Å².